The second-order valence-corrected chi connectivity index (χ2v) is 17.4. The number of esters is 3. The number of ether oxygens (including phenoxy) is 3. The fraction of sp³-hybridized carbons (Fsp3) is 0.868. The highest BCUT2D eigenvalue weighted by Crippen LogP contribution is 2.15. The normalized spacial score (nSPS) is 12.1. The molecule has 0 spiro atoms. The predicted molar refractivity (Wildman–Crippen MR) is 252 cm³/mol. The van der Waals surface area contributed by atoms with Gasteiger partial charge in [-0.15, -0.1) is 0 Å². The van der Waals surface area contributed by atoms with Crippen LogP contribution in [0.3, 0.4) is 0 Å². The first-order chi connectivity index (χ1) is 29.0. The smallest absolute Gasteiger partial charge is 0.306 e. The maximum absolute atomic E-state index is 12.8. The molecule has 0 rings (SSSR count). The molecule has 0 aromatic rings. The van der Waals surface area contributed by atoms with Gasteiger partial charge in [0.15, 0.2) is 6.10 Å². The largest absolute Gasteiger partial charge is 0.462 e. The van der Waals surface area contributed by atoms with Crippen molar-refractivity contribution in [2.75, 3.05) is 13.2 Å². The molecule has 0 heterocycles. The average molecular weight is 831 g/mol. The lowest BCUT2D eigenvalue weighted by atomic mass is 10.0. The molecule has 0 saturated heterocycles. The van der Waals surface area contributed by atoms with Gasteiger partial charge in [0.1, 0.15) is 13.2 Å². The Morgan fingerprint density at radius 3 is 0.881 bits per heavy atom. The monoisotopic (exact) mass is 831 g/mol. The fourth-order valence-electron chi connectivity index (χ4n) is 7.49. The molecule has 0 saturated carbocycles. The summed E-state index contributed by atoms with van der Waals surface area (Å²) in [4.78, 5) is 37.9. The number of hydrogen-bond donors (Lipinski definition) is 0. The molecular weight excluding hydrogens is 733 g/mol. The quantitative estimate of drug-likeness (QED) is 0.0263. The van der Waals surface area contributed by atoms with Crippen molar-refractivity contribution in [1.29, 1.82) is 0 Å². The van der Waals surface area contributed by atoms with Crippen molar-refractivity contribution in [3.05, 3.63) is 24.3 Å². The van der Waals surface area contributed by atoms with E-state index in [1.807, 2.05) is 0 Å². The van der Waals surface area contributed by atoms with E-state index in [1.54, 1.807) is 0 Å². The Morgan fingerprint density at radius 1 is 0.322 bits per heavy atom. The molecule has 59 heavy (non-hydrogen) atoms. The van der Waals surface area contributed by atoms with Crippen LogP contribution in [0.5, 0.6) is 0 Å². The summed E-state index contributed by atoms with van der Waals surface area (Å²) in [5, 5.41) is 0. The van der Waals surface area contributed by atoms with Crippen molar-refractivity contribution in [2.45, 2.75) is 284 Å². The number of unbranched alkanes of at least 4 members (excludes halogenated alkanes) is 32. The van der Waals surface area contributed by atoms with Crippen molar-refractivity contribution in [1.82, 2.24) is 0 Å². The lowest BCUT2D eigenvalue weighted by Gasteiger charge is -2.18. The molecule has 0 bridgehead atoms. The Morgan fingerprint density at radius 2 is 0.559 bits per heavy atom. The van der Waals surface area contributed by atoms with Crippen LogP contribution in [-0.4, -0.2) is 37.2 Å². The second-order valence-electron chi connectivity index (χ2n) is 17.4. The number of carbonyl (C=O) groups is 3. The highest BCUT2D eigenvalue weighted by Gasteiger charge is 2.19. The SMILES string of the molecule is CCCCCC/C=C\CCCCCCCCCC(=O)OCC(COC(=O)CCCCCCCCCCCCCC)OC(=O)CCCCC/C=C\CCCCCCCCC. The van der Waals surface area contributed by atoms with Gasteiger partial charge in [-0.25, -0.2) is 0 Å². The number of allylic oxidation sites excluding steroid dienone is 4. The van der Waals surface area contributed by atoms with Crippen LogP contribution in [0.25, 0.3) is 0 Å². The molecule has 346 valence electrons. The van der Waals surface area contributed by atoms with E-state index in [2.05, 4.69) is 45.1 Å². The number of hydrogen-bond acceptors (Lipinski definition) is 6. The minimum Gasteiger partial charge on any atom is -0.462 e. The third kappa shape index (κ3) is 46.8. The van der Waals surface area contributed by atoms with Gasteiger partial charge < -0.3 is 14.2 Å². The maximum Gasteiger partial charge on any atom is 0.306 e. The van der Waals surface area contributed by atoms with Gasteiger partial charge in [-0.1, -0.05) is 212 Å². The highest BCUT2D eigenvalue weighted by atomic mass is 16.6. The molecule has 1 atom stereocenters. The summed E-state index contributed by atoms with van der Waals surface area (Å²) < 4.78 is 16.8. The van der Waals surface area contributed by atoms with E-state index in [9.17, 15) is 14.4 Å². The zero-order chi connectivity index (χ0) is 43.0. The molecule has 6 nitrogen and oxygen atoms in total. The Bertz CT molecular complexity index is 958. The van der Waals surface area contributed by atoms with Crippen LogP contribution in [-0.2, 0) is 28.6 Å². The van der Waals surface area contributed by atoms with Crippen molar-refractivity contribution in [2.24, 2.45) is 0 Å². The Balaban J connectivity index is 4.37. The van der Waals surface area contributed by atoms with Gasteiger partial charge in [0.2, 0.25) is 0 Å². The summed E-state index contributed by atoms with van der Waals surface area (Å²) in [6.45, 7) is 6.62. The summed E-state index contributed by atoms with van der Waals surface area (Å²) in [6, 6.07) is 0. The molecule has 0 aliphatic heterocycles. The van der Waals surface area contributed by atoms with Crippen LogP contribution in [0.2, 0.25) is 0 Å². The first-order valence-corrected chi connectivity index (χ1v) is 25.8. The molecule has 0 N–H and O–H groups in total. The van der Waals surface area contributed by atoms with Crippen LogP contribution in [0, 0.1) is 0 Å². The zero-order valence-electron chi connectivity index (χ0n) is 39.5. The molecule has 0 amide bonds. The minimum absolute atomic E-state index is 0.0750. The van der Waals surface area contributed by atoms with Crippen LogP contribution in [0.1, 0.15) is 278 Å². The van der Waals surface area contributed by atoms with E-state index in [0.717, 1.165) is 70.6 Å². The van der Waals surface area contributed by atoms with Crippen molar-refractivity contribution in [3.63, 3.8) is 0 Å². The first kappa shape index (κ1) is 56.9. The highest BCUT2D eigenvalue weighted by molar-refractivity contribution is 5.71. The van der Waals surface area contributed by atoms with Gasteiger partial charge in [0, 0.05) is 19.3 Å². The van der Waals surface area contributed by atoms with Gasteiger partial charge in [-0.3, -0.25) is 14.4 Å². The predicted octanol–water partition coefficient (Wildman–Crippen LogP) is 16.8. The topological polar surface area (TPSA) is 78.9 Å². The average Bonchev–Trinajstić information content (AvgIpc) is 3.23. The molecule has 0 fully saturated rings. The van der Waals surface area contributed by atoms with Gasteiger partial charge >= 0.3 is 17.9 Å². The fourth-order valence-corrected chi connectivity index (χ4v) is 7.49. The van der Waals surface area contributed by atoms with Crippen LogP contribution < -0.4 is 0 Å². The van der Waals surface area contributed by atoms with Gasteiger partial charge in [-0.2, -0.15) is 0 Å². The number of carbonyl (C=O) groups excluding carboxylic acids is 3. The van der Waals surface area contributed by atoms with Crippen LogP contribution in [0.15, 0.2) is 24.3 Å². The molecule has 6 heteroatoms. The zero-order valence-corrected chi connectivity index (χ0v) is 39.5. The van der Waals surface area contributed by atoms with E-state index in [0.29, 0.717) is 19.3 Å². The van der Waals surface area contributed by atoms with Gasteiger partial charge in [0.05, 0.1) is 0 Å². The van der Waals surface area contributed by atoms with E-state index in [-0.39, 0.29) is 31.1 Å². The summed E-state index contributed by atoms with van der Waals surface area (Å²) in [7, 11) is 0. The Kier molecular flexibility index (Phi) is 46.8. The van der Waals surface area contributed by atoms with E-state index < -0.39 is 6.10 Å². The standard InChI is InChI=1S/C53H98O6/c1-4-7-10-13-16-19-22-25-27-29-31-34-37-40-43-46-52(55)58-49-50(48-57-51(54)45-42-39-36-33-30-24-21-18-15-12-9-6-3)59-53(56)47-44-41-38-35-32-28-26-23-20-17-14-11-8-5-2/h19,22,28,32,50H,4-18,20-21,23-27,29-31,33-49H2,1-3H3/b22-19-,32-28-. The summed E-state index contributed by atoms with van der Waals surface area (Å²) >= 11 is 0. The molecule has 0 aliphatic carbocycles. The molecular formula is C53H98O6. The van der Waals surface area contributed by atoms with Crippen LogP contribution in [0.4, 0.5) is 0 Å². The van der Waals surface area contributed by atoms with E-state index in [1.165, 1.54) is 167 Å². The van der Waals surface area contributed by atoms with Crippen LogP contribution >= 0.6 is 0 Å². The van der Waals surface area contributed by atoms with Gasteiger partial charge in [-0.05, 0) is 70.6 Å². The molecule has 0 aromatic carbocycles. The lowest BCUT2D eigenvalue weighted by Crippen LogP contribution is -2.30. The van der Waals surface area contributed by atoms with Crippen molar-refractivity contribution >= 4 is 17.9 Å². The summed E-state index contributed by atoms with van der Waals surface area (Å²) in [5.74, 6) is -0.884. The Labute approximate surface area is 366 Å². The lowest BCUT2D eigenvalue weighted by molar-refractivity contribution is -0.167. The molecule has 0 aromatic heterocycles. The third-order valence-electron chi connectivity index (χ3n) is 11.4. The maximum atomic E-state index is 12.8. The number of rotatable bonds is 47. The summed E-state index contributed by atoms with van der Waals surface area (Å²) in [5.41, 5.74) is 0. The van der Waals surface area contributed by atoms with E-state index >= 15 is 0 Å². The molecule has 1 unspecified atom stereocenters. The minimum atomic E-state index is -0.775. The molecule has 0 radical (unpaired) electrons. The van der Waals surface area contributed by atoms with E-state index in [4.69, 9.17) is 14.2 Å². The van der Waals surface area contributed by atoms with Crippen molar-refractivity contribution in [3.8, 4) is 0 Å². The van der Waals surface area contributed by atoms with Gasteiger partial charge in [0.25, 0.3) is 0 Å². The summed E-state index contributed by atoms with van der Waals surface area (Å²) in [6.07, 6.45) is 54.4. The van der Waals surface area contributed by atoms with Crippen molar-refractivity contribution < 1.29 is 28.6 Å². The second kappa shape index (κ2) is 48.6. The third-order valence-corrected chi connectivity index (χ3v) is 11.4. The first-order valence-electron chi connectivity index (χ1n) is 25.8. The Hall–Kier alpha value is -2.11. The molecule has 0 aliphatic rings.